The number of benzene rings is 1. The molecule has 0 aliphatic rings. The Morgan fingerprint density at radius 1 is 1.30 bits per heavy atom. The number of carbonyl (C=O) groups excluding carboxylic acids is 1. The first-order valence-electron chi connectivity index (χ1n) is 8.25. The number of nitrogens with one attached hydrogen (secondary N) is 2. The summed E-state index contributed by atoms with van der Waals surface area (Å²) in [5, 5.41) is 3.71. The predicted molar refractivity (Wildman–Crippen MR) is 95.1 cm³/mol. The van der Waals surface area contributed by atoms with Crippen molar-refractivity contribution < 1.29 is 9.53 Å². The van der Waals surface area contributed by atoms with Crippen molar-refractivity contribution in [1.82, 2.24) is 15.3 Å². The molecule has 0 spiro atoms. The Hall–Kier alpha value is -1.69. The Kier molecular flexibility index (Phi) is 7.26. The minimum Gasteiger partial charge on any atom is -0.494 e. The van der Waals surface area contributed by atoms with Gasteiger partial charge in [-0.15, -0.1) is 0 Å². The molecule has 1 aromatic carbocycles. The van der Waals surface area contributed by atoms with Gasteiger partial charge >= 0.3 is 0 Å². The topological polar surface area (TPSA) is 67.0 Å². The van der Waals surface area contributed by atoms with Gasteiger partial charge in [-0.25, -0.2) is 4.98 Å². The molecule has 2 aromatic rings. The molecule has 0 fully saturated rings. The lowest BCUT2D eigenvalue weighted by Gasteiger charge is -2.03. The van der Waals surface area contributed by atoms with Gasteiger partial charge in [0.05, 0.1) is 23.4 Å². The van der Waals surface area contributed by atoms with E-state index < -0.39 is 0 Å². The van der Waals surface area contributed by atoms with Gasteiger partial charge in [0.25, 0.3) is 0 Å². The molecule has 0 radical (unpaired) electrons. The molecule has 0 atom stereocenters. The molecule has 6 heteroatoms. The summed E-state index contributed by atoms with van der Waals surface area (Å²) in [7, 11) is 0. The second kappa shape index (κ2) is 9.45. The Morgan fingerprint density at radius 2 is 2.17 bits per heavy atom. The molecule has 1 aromatic heterocycles. The second-order valence-corrected chi connectivity index (χ2v) is 6.32. The smallest absolute Gasteiger partial charge is 0.230 e. The van der Waals surface area contributed by atoms with Gasteiger partial charge in [0.2, 0.25) is 5.91 Å². The van der Waals surface area contributed by atoms with Crippen LogP contribution in [0.1, 0.15) is 39.5 Å². The number of carbonyl (C=O) groups is 1. The number of aromatic nitrogens is 2. The zero-order valence-corrected chi connectivity index (χ0v) is 14.7. The Morgan fingerprint density at radius 3 is 2.96 bits per heavy atom. The van der Waals surface area contributed by atoms with Crippen LogP contribution in [0.3, 0.4) is 0 Å². The Balaban J connectivity index is 1.79. The molecule has 1 amide bonds. The first kappa shape index (κ1) is 17.7. The molecule has 1 heterocycles. The van der Waals surface area contributed by atoms with Crippen molar-refractivity contribution in [2.45, 2.75) is 44.7 Å². The SMILES string of the molecule is CCCCCCNC(=O)CSc1nc2ccc(OCC)cc2[nH]1. The standard InChI is InChI=1S/C17H25N3O2S/c1-3-5-6-7-10-18-16(21)12-23-17-19-14-9-8-13(22-4-2)11-15(14)20-17/h8-9,11H,3-7,10,12H2,1-2H3,(H,18,21)(H,19,20). The highest BCUT2D eigenvalue weighted by Crippen LogP contribution is 2.23. The highest BCUT2D eigenvalue weighted by Gasteiger charge is 2.07. The van der Waals surface area contributed by atoms with Crippen molar-refractivity contribution in [3.8, 4) is 5.75 Å². The number of thioether (sulfide) groups is 1. The average molecular weight is 335 g/mol. The van der Waals surface area contributed by atoms with Gasteiger partial charge in [-0.3, -0.25) is 4.79 Å². The summed E-state index contributed by atoms with van der Waals surface area (Å²) in [6, 6.07) is 5.77. The van der Waals surface area contributed by atoms with E-state index in [-0.39, 0.29) is 5.91 Å². The average Bonchev–Trinajstić information content (AvgIpc) is 2.95. The van der Waals surface area contributed by atoms with Crippen molar-refractivity contribution in [2.75, 3.05) is 18.9 Å². The maximum atomic E-state index is 11.8. The Bertz CT molecular complexity index is 627. The number of hydrogen-bond donors (Lipinski definition) is 2. The van der Waals surface area contributed by atoms with E-state index in [1.807, 2.05) is 25.1 Å². The number of ether oxygens (including phenoxy) is 1. The van der Waals surface area contributed by atoms with Gasteiger partial charge in [-0.1, -0.05) is 37.9 Å². The van der Waals surface area contributed by atoms with Crippen LogP contribution in [0.25, 0.3) is 11.0 Å². The molecule has 0 aliphatic carbocycles. The molecule has 0 bridgehead atoms. The molecule has 2 rings (SSSR count). The number of amides is 1. The second-order valence-electron chi connectivity index (χ2n) is 5.35. The van der Waals surface area contributed by atoms with Gasteiger partial charge in [0.15, 0.2) is 5.16 Å². The first-order valence-corrected chi connectivity index (χ1v) is 9.23. The summed E-state index contributed by atoms with van der Waals surface area (Å²) in [5.41, 5.74) is 1.81. The third-order valence-electron chi connectivity index (χ3n) is 3.44. The summed E-state index contributed by atoms with van der Waals surface area (Å²) < 4.78 is 5.47. The quantitative estimate of drug-likeness (QED) is 0.512. The first-order chi connectivity index (χ1) is 11.2. The third-order valence-corrected chi connectivity index (χ3v) is 4.31. The summed E-state index contributed by atoms with van der Waals surface area (Å²) in [6.45, 7) is 5.54. The third kappa shape index (κ3) is 5.78. The normalized spacial score (nSPS) is 10.9. The zero-order chi connectivity index (χ0) is 16.5. The fourth-order valence-electron chi connectivity index (χ4n) is 2.25. The van der Waals surface area contributed by atoms with Crippen LogP contribution >= 0.6 is 11.8 Å². The monoisotopic (exact) mass is 335 g/mol. The van der Waals surface area contributed by atoms with Crippen molar-refractivity contribution in [1.29, 1.82) is 0 Å². The minimum absolute atomic E-state index is 0.0574. The van der Waals surface area contributed by atoms with Crippen LogP contribution in [0.2, 0.25) is 0 Å². The van der Waals surface area contributed by atoms with E-state index in [4.69, 9.17) is 4.74 Å². The van der Waals surface area contributed by atoms with Crippen LogP contribution in [0.15, 0.2) is 23.4 Å². The molecular formula is C17H25N3O2S. The summed E-state index contributed by atoms with van der Waals surface area (Å²) >= 11 is 1.42. The van der Waals surface area contributed by atoms with Crippen molar-refractivity contribution in [2.24, 2.45) is 0 Å². The maximum absolute atomic E-state index is 11.8. The number of unbranched alkanes of at least 4 members (excludes halogenated alkanes) is 3. The van der Waals surface area contributed by atoms with Gasteiger partial charge in [-0.2, -0.15) is 0 Å². The number of rotatable bonds is 10. The van der Waals surface area contributed by atoms with E-state index >= 15 is 0 Å². The van der Waals surface area contributed by atoms with Crippen molar-refractivity contribution in [3.63, 3.8) is 0 Å². The van der Waals surface area contributed by atoms with Gasteiger partial charge in [-0.05, 0) is 25.5 Å². The number of nitrogens with zero attached hydrogens (tertiary/aromatic N) is 1. The molecule has 0 saturated heterocycles. The molecule has 0 aliphatic heterocycles. The maximum Gasteiger partial charge on any atom is 0.230 e. The molecule has 23 heavy (non-hydrogen) atoms. The lowest BCUT2D eigenvalue weighted by molar-refractivity contribution is -0.118. The molecule has 126 valence electrons. The fraction of sp³-hybridized carbons (Fsp3) is 0.529. The van der Waals surface area contributed by atoms with Crippen LogP contribution < -0.4 is 10.1 Å². The molecule has 0 unspecified atom stereocenters. The Labute approximate surface area is 141 Å². The highest BCUT2D eigenvalue weighted by atomic mass is 32.2. The van der Waals surface area contributed by atoms with E-state index in [2.05, 4.69) is 22.2 Å². The summed E-state index contributed by atoms with van der Waals surface area (Å²) in [6.07, 6.45) is 4.67. The van der Waals surface area contributed by atoms with Crippen molar-refractivity contribution in [3.05, 3.63) is 18.2 Å². The molecule has 2 N–H and O–H groups in total. The fourth-order valence-corrected chi connectivity index (χ4v) is 2.97. The lowest BCUT2D eigenvalue weighted by Crippen LogP contribution is -2.26. The lowest BCUT2D eigenvalue weighted by atomic mass is 10.2. The van der Waals surface area contributed by atoms with E-state index in [0.29, 0.717) is 12.4 Å². The minimum atomic E-state index is 0.0574. The number of hydrogen-bond acceptors (Lipinski definition) is 4. The number of H-pyrrole nitrogens is 1. The van der Waals surface area contributed by atoms with Crippen molar-refractivity contribution >= 4 is 28.7 Å². The van der Waals surface area contributed by atoms with Gasteiger partial charge in [0.1, 0.15) is 5.75 Å². The van der Waals surface area contributed by atoms with E-state index in [1.165, 1.54) is 31.0 Å². The zero-order valence-electron chi connectivity index (χ0n) is 13.9. The van der Waals surface area contributed by atoms with E-state index in [0.717, 1.165) is 34.9 Å². The van der Waals surface area contributed by atoms with Crippen LogP contribution in [-0.2, 0) is 4.79 Å². The molecule has 5 nitrogen and oxygen atoms in total. The summed E-state index contributed by atoms with van der Waals surface area (Å²) in [5.74, 6) is 1.26. The largest absolute Gasteiger partial charge is 0.494 e. The van der Waals surface area contributed by atoms with Gasteiger partial charge in [0, 0.05) is 12.6 Å². The van der Waals surface area contributed by atoms with E-state index in [1.54, 1.807) is 0 Å². The van der Waals surface area contributed by atoms with Crippen LogP contribution in [0, 0.1) is 0 Å². The number of fused-ring (bicyclic) bond motifs is 1. The molecule has 0 saturated carbocycles. The van der Waals surface area contributed by atoms with Gasteiger partial charge < -0.3 is 15.0 Å². The summed E-state index contributed by atoms with van der Waals surface area (Å²) in [4.78, 5) is 19.5. The van der Waals surface area contributed by atoms with Crippen LogP contribution in [-0.4, -0.2) is 34.8 Å². The predicted octanol–water partition coefficient (Wildman–Crippen LogP) is 3.75. The number of aromatic amines is 1. The van der Waals surface area contributed by atoms with E-state index in [9.17, 15) is 4.79 Å². The highest BCUT2D eigenvalue weighted by molar-refractivity contribution is 7.99. The molecular weight excluding hydrogens is 310 g/mol. The van der Waals surface area contributed by atoms with Crippen LogP contribution in [0.4, 0.5) is 0 Å². The van der Waals surface area contributed by atoms with Crippen LogP contribution in [0.5, 0.6) is 5.75 Å². The number of imidazole rings is 1.